The number of ether oxygens (including phenoxy) is 1. The van der Waals surface area contributed by atoms with E-state index in [4.69, 9.17) is 10.5 Å². The largest absolute Gasteiger partial charge is 0.504 e. The van der Waals surface area contributed by atoms with E-state index in [1.165, 1.54) is 7.11 Å². The van der Waals surface area contributed by atoms with Gasteiger partial charge in [0.15, 0.2) is 11.5 Å². The molecule has 0 atom stereocenters. The number of hydrogen-bond donors (Lipinski definition) is 3. The van der Waals surface area contributed by atoms with Gasteiger partial charge < -0.3 is 20.9 Å². The molecule has 0 bridgehead atoms. The zero-order valence-electron chi connectivity index (χ0n) is 11.6. The number of methoxy groups -OCH3 is 1. The zero-order valence-corrected chi connectivity index (χ0v) is 12.3. The third kappa shape index (κ3) is 3.47. The summed E-state index contributed by atoms with van der Waals surface area (Å²) in [5.41, 5.74) is 8.05. The summed E-state index contributed by atoms with van der Waals surface area (Å²) < 4.78 is 5.21. The van der Waals surface area contributed by atoms with Gasteiger partial charge in [0.1, 0.15) is 0 Å². The van der Waals surface area contributed by atoms with E-state index in [2.05, 4.69) is 10.3 Å². The number of nitrogens with zero attached hydrogens (tertiary/aromatic N) is 1. The Labute approximate surface area is 148 Å². The molecule has 0 radical (unpaired) electrons. The molecule has 5 nitrogen and oxygen atoms in total. The summed E-state index contributed by atoms with van der Waals surface area (Å²) in [7, 11) is 1.54. The summed E-state index contributed by atoms with van der Waals surface area (Å²) in [6.07, 6.45) is 2.61. The second-order valence-corrected chi connectivity index (χ2v) is 4.40. The first-order valence-electron chi connectivity index (χ1n) is 6.28. The van der Waals surface area contributed by atoms with E-state index in [0.29, 0.717) is 12.3 Å². The Balaban J connectivity index is 0.00000200. The Hall–Kier alpha value is -0.750. The molecule has 0 aliphatic rings. The second kappa shape index (κ2) is 7.88. The van der Waals surface area contributed by atoms with Gasteiger partial charge >= 0.3 is 0 Å². The number of aromatic hydroxyl groups is 1. The van der Waals surface area contributed by atoms with Crippen molar-refractivity contribution in [1.82, 2.24) is 4.98 Å². The monoisotopic (exact) mass is 301 g/mol. The number of nitrogens with one attached hydrogen (secondary N) is 1. The number of aryl methyl sites for hydroxylation is 1. The van der Waals surface area contributed by atoms with Crippen LogP contribution in [0, 0.1) is 44.7 Å². The maximum absolute atomic E-state index is 10.2. The van der Waals surface area contributed by atoms with Gasteiger partial charge in [0.25, 0.3) is 0 Å². The van der Waals surface area contributed by atoms with Gasteiger partial charge in [-0.05, 0) is 31.5 Å². The van der Waals surface area contributed by atoms with Crippen LogP contribution in [0.3, 0.4) is 0 Å². The molecule has 2 rings (SSSR count). The molecule has 0 saturated carbocycles. The minimum absolute atomic E-state index is 0. The molecule has 0 aliphatic carbocycles. The summed E-state index contributed by atoms with van der Waals surface area (Å²) in [5.74, 6) is 0.575. The fourth-order valence-electron chi connectivity index (χ4n) is 2.07. The molecule has 4 N–H and O–H groups in total. The number of hydrogen-bond acceptors (Lipinski definition) is 5. The quantitative estimate of drug-likeness (QED) is 0.581. The summed E-state index contributed by atoms with van der Waals surface area (Å²) >= 11 is 0. The van der Waals surface area contributed by atoms with Gasteiger partial charge in [-0.3, -0.25) is 4.98 Å². The number of nitrogens with two attached hydrogens (primary N) is 1. The third-order valence-corrected chi connectivity index (χ3v) is 3.08. The van der Waals surface area contributed by atoms with Crippen molar-refractivity contribution >= 4 is 16.6 Å². The minimum Gasteiger partial charge on any atom is -0.504 e. The maximum atomic E-state index is 10.2. The van der Waals surface area contributed by atoms with E-state index in [1.807, 2.05) is 13.0 Å². The van der Waals surface area contributed by atoms with Gasteiger partial charge in [-0.2, -0.15) is 0 Å². The molecule has 0 fully saturated rings. The summed E-state index contributed by atoms with van der Waals surface area (Å²) in [5, 5.41) is 14.2. The van der Waals surface area contributed by atoms with Gasteiger partial charge in [-0.1, -0.05) is 0 Å². The topological polar surface area (TPSA) is 80.4 Å². The Kier molecular flexibility index (Phi) is 6.82. The van der Waals surface area contributed by atoms with Crippen molar-refractivity contribution < 1.29 is 47.6 Å². The van der Waals surface area contributed by atoms with Crippen LogP contribution >= 0.6 is 0 Å². The van der Waals surface area contributed by atoms with Crippen LogP contribution in [0.15, 0.2) is 18.3 Å². The van der Waals surface area contributed by atoms with E-state index in [-0.39, 0.29) is 43.5 Å². The van der Waals surface area contributed by atoms with Crippen molar-refractivity contribution in [1.29, 1.82) is 0 Å². The molecule has 1 heterocycles. The number of benzene rings is 1. The molecular formula is C14H19ArN3O2. The Bertz CT molecular complexity index is 590. The number of phenolic OH excluding ortho intramolecular Hbond substituents is 1. The first kappa shape index (κ1) is 17.3. The molecule has 0 spiro atoms. The fraction of sp³-hybridized carbons (Fsp3) is 0.357. The number of anilines is 1. The summed E-state index contributed by atoms with van der Waals surface area (Å²) in [4.78, 5) is 4.35. The number of aromatic nitrogens is 1. The first-order valence-corrected chi connectivity index (χ1v) is 6.28. The fourth-order valence-corrected chi connectivity index (χ4v) is 2.07. The van der Waals surface area contributed by atoms with Crippen LogP contribution in [0.4, 0.5) is 5.69 Å². The van der Waals surface area contributed by atoms with E-state index in [0.717, 1.165) is 35.1 Å². The molecule has 6 heteroatoms. The van der Waals surface area contributed by atoms with Crippen molar-refractivity contribution in [2.24, 2.45) is 5.73 Å². The van der Waals surface area contributed by atoms with Gasteiger partial charge in [0, 0.05) is 56.5 Å². The number of fused-ring (bicyclic) bond motifs is 1. The molecular weight excluding hydrogens is 282 g/mol. The van der Waals surface area contributed by atoms with E-state index in [1.54, 1.807) is 12.3 Å². The number of rotatable bonds is 5. The average Bonchev–Trinajstić information content (AvgIpc) is 2.41. The predicted octanol–water partition coefficient (Wildman–Crippen LogP) is 2.02. The standard InChI is InChI=1S/C14H19N3O2.Ar/c1-9-4-7-17-13-10(16-6-3-5-15)8-11(19-2)14(18)12(9)13;/h4,7-8,16,18H,3,5-6,15H2,1-2H3;. The minimum atomic E-state index is 0. The molecule has 1 aromatic heterocycles. The predicted molar refractivity (Wildman–Crippen MR) is 76.9 cm³/mol. The van der Waals surface area contributed by atoms with E-state index in [9.17, 15) is 5.11 Å². The van der Waals surface area contributed by atoms with Crippen molar-refractivity contribution in [2.75, 3.05) is 25.5 Å². The zero-order chi connectivity index (χ0) is 13.8. The van der Waals surface area contributed by atoms with Gasteiger partial charge in [0.2, 0.25) is 0 Å². The Morgan fingerprint density at radius 1 is 1.45 bits per heavy atom. The molecule has 20 heavy (non-hydrogen) atoms. The van der Waals surface area contributed by atoms with Crippen LogP contribution in [-0.2, 0) is 0 Å². The molecule has 1 aromatic carbocycles. The van der Waals surface area contributed by atoms with Gasteiger partial charge in [-0.25, -0.2) is 0 Å². The van der Waals surface area contributed by atoms with Gasteiger partial charge in [0.05, 0.1) is 23.7 Å². The molecule has 0 saturated heterocycles. The normalized spacial score (nSPS) is 10.2. The van der Waals surface area contributed by atoms with E-state index >= 15 is 0 Å². The summed E-state index contributed by atoms with van der Waals surface area (Å²) in [6.45, 7) is 3.33. The molecule has 0 aliphatic heterocycles. The van der Waals surface area contributed by atoms with Gasteiger partial charge in [-0.15, -0.1) is 0 Å². The average molecular weight is 301 g/mol. The van der Waals surface area contributed by atoms with Crippen molar-refractivity contribution in [3.8, 4) is 11.5 Å². The van der Waals surface area contributed by atoms with Crippen LogP contribution in [-0.4, -0.2) is 30.3 Å². The number of phenols is 1. The van der Waals surface area contributed by atoms with Crippen LogP contribution in [0.25, 0.3) is 10.9 Å². The second-order valence-electron chi connectivity index (χ2n) is 4.40. The first-order chi connectivity index (χ1) is 9.19. The molecule has 0 amide bonds. The molecule has 2 aromatic rings. The van der Waals surface area contributed by atoms with Crippen molar-refractivity contribution in [3.63, 3.8) is 0 Å². The molecule has 0 unspecified atom stereocenters. The van der Waals surface area contributed by atoms with Crippen LogP contribution in [0.2, 0.25) is 0 Å². The van der Waals surface area contributed by atoms with E-state index < -0.39 is 0 Å². The third-order valence-electron chi connectivity index (χ3n) is 3.08. The van der Waals surface area contributed by atoms with Crippen LogP contribution in [0.1, 0.15) is 12.0 Å². The van der Waals surface area contributed by atoms with Crippen molar-refractivity contribution in [2.45, 2.75) is 13.3 Å². The Morgan fingerprint density at radius 2 is 2.20 bits per heavy atom. The Morgan fingerprint density at radius 3 is 2.85 bits per heavy atom. The van der Waals surface area contributed by atoms with Crippen LogP contribution < -0.4 is 15.8 Å². The molecule has 110 valence electrons. The SMILES string of the molecule is COc1cc(NCCCN)c2nccc(C)c2c1O.[Ar]. The smallest absolute Gasteiger partial charge is 0.167 e. The van der Waals surface area contributed by atoms with Crippen LogP contribution in [0.5, 0.6) is 11.5 Å². The maximum Gasteiger partial charge on any atom is 0.167 e. The van der Waals surface area contributed by atoms with Crippen molar-refractivity contribution in [3.05, 3.63) is 23.9 Å². The number of pyridine rings is 1. The summed E-state index contributed by atoms with van der Waals surface area (Å²) in [6, 6.07) is 3.63.